The summed E-state index contributed by atoms with van der Waals surface area (Å²) in [7, 11) is 0. The highest BCUT2D eigenvalue weighted by molar-refractivity contribution is 5.95. The van der Waals surface area contributed by atoms with Crippen LogP contribution in [0.2, 0.25) is 0 Å². The van der Waals surface area contributed by atoms with Gasteiger partial charge in [-0.15, -0.1) is 5.10 Å². The molecule has 124 valence electrons. The minimum Gasteiger partial charge on any atom is -0.346 e. The zero-order valence-electron chi connectivity index (χ0n) is 14.3. The Morgan fingerprint density at radius 3 is 2.79 bits per heavy atom. The summed E-state index contributed by atoms with van der Waals surface area (Å²) in [6.45, 7) is 8.03. The predicted octanol–water partition coefficient (Wildman–Crippen LogP) is 2.41. The molecular weight excluding hydrogens is 304 g/mol. The van der Waals surface area contributed by atoms with Gasteiger partial charge in [-0.05, 0) is 26.8 Å². The Hall–Kier alpha value is -2.70. The van der Waals surface area contributed by atoms with E-state index in [1.165, 1.54) is 0 Å². The summed E-state index contributed by atoms with van der Waals surface area (Å²) < 4.78 is 1.80. The van der Waals surface area contributed by atoms with Crippen molar-refractivity contribution >= 4 is 17.4 Å². The molecule has 0 radical (unpaired) electrons. The van der Waals surface area contributed by atoms with E-state index in [0.717, 1.165) is 46.2 Å². The van der Waals surface area contributed by atoms with Gasteiger partial charge in [-0.2, -0.15) is 0 Å². The zero-order chi connectivity index (χ0) is 17.0. The molecule has 0 saturated heterocycles. The maximum atomic E-state index is 12.2. The molecule has 0 aliphatic carbocycles. The number of H-pyrrole nitrogens is 1. The topological polar surface area (TPSA) is 88.0 Å². The van der Waals surface area contributed by atoms with Crippen LogP contribution in [-0.4, -0.2) is 30.5 Å². The lowest BCUT2D eigenvalue weighted by atomic mass is 9.89. The Kier molecular flexibility index (Phi) is 3.19. The van der Waals surface area contributed by atoms with Crippen LogP contribution < -0.4 is 5.32 Å². The minimum absolute atomic E-state index is 0.0364. The van der Waals surface area contributed by atoms with Gasteiger partial charge in [0, 0.05) is 35.8 Å². The van der Waals surface area contributed by atoms with Gasteiger partial charge in [0.25, 0.3) is 0 Å². The van der Waals surface area contributed by atoms with E-state index in [4.69, 9.17) is 4.98 Å². The normalized spacial score (nSPS) is 17.2. The average Bonchev–Trinajstić information content (AvgIpc) is 3.07. The number of hydrogen-bond donors (Lipinski definition) is 2. The molecule has 4 rings (SSSR count). The molecule has 4 heterocycles. The number of hydrogen-bond acceptors (Lipinski definition) is 4. The molecule has 1 amide bonds. The first-order valence-electron chi connectivity index (χ1n) is 8.20. The quantitative estimate of drug-likeness (QED) is 0.758. The van der Waals surface area contributed by atoms with Crippen molar-refractivity contribution < 1.29 is 4.79 Å². The summed E-state index contributed by atoms with van der Waals surface area (Å²) in [5.41, 5.74) is 5.60. The number of aryl methyl sites for hydroxylation is 4. The lowest BCUT2D eigenvalue weighted by Gasteiger charge is -2.20. The number of nitrogens with one attached hydrogen (secondary N) is 2. The van der Waals surface area contributed by atoms with Crippen molar-refractivity contribution in [3.8, 4) is 0 Å². The van der Waals surface area contributed by atoms with Gasteiger partial charge >= 0.3 is 0 Å². The van der Waals surface area contributed by atoms with E-state index in [1.807, 2.05) is 26.8 Å². The highest BCUT2D eigenvalue weighted by Gasteiger charge is 2.34. The first-order valence-corrected chi connectivity index (χ1v) is 8.20. The second-order valence-corrected chi connectivity index (χ2v) is 6.39. The molecule has 3 aromatic rings. The van der Waals surface area contributed by atoms with Gasteiger partial charge in [0.2, 0.25) is 5.91 Å². The molecule has 2 N–H and O–H groups in total. The highest BCUT2D eigenvalue weighted by Crippen LogP contribution is 2.39. The van der Waals surface area contributed by atoms with Crippen molar-refractivity contribution in [1.29, 1.82) is 0 Å². The summed E-state index contributed by atoms with van der Waals surface area (Å²) in [6, 6.07) is 1.98. The van der Waals surface area contributed by atoms with E-state index in [2.05, 4.69) is 27.3 Å². The first-order chi connectivity index (χ1) is 11.5. The number of carbonyl (C=O) groups is 1. The van der Waals surface area contributed by atoms with Crippen LogP contribution in [0.3, 0.4) is 0 Å². The molecule has 0 aromatic carbocycles. The fourth-order valence-corrected chi connectivity index (χ4v) is 3.50. The van der Waals surface area contributed by atoms with Crippen LogP contribution in [0.15, 0.2) is 6.07 Å². The van der Waals surface area contributed by atoms with Crippen LogP contribution in [0.4, 0.5) is 5.82 Å². The number of anilines is 1. The minimum atomic E-state index is -0.128. The molecule has 1 aliphatic rings. The summed E-state index contributed by atoms with van der Waals surface area (Å²) in [6.07, 6.45) is 1.19. The van der Waals surface area contributed by atoms with Crippen LogP contribution in [-0.2, 0) is 11.2 Å². The summed E-state index contributed by atoms with van der Waals surface area (Å²) in [5.74, 6) is 1.37. The number of imidazole rings is 1. The average molecular weight is 324 g/mol. The highest BCUT2D eigenvalue weighted by atomic mass is 16.1. The van der Waals surface area contributed by atoms with E-state index >= 15 is 0 Å². The molecule has 0 bridgehead atoms. The monoisotopic (exact) mass is 324 g/mol. The smallest absolute Gasteiger partial charge is 0.226 e. The Labute approximate surface area is 139 Å². The van der Waals surface area contributed by atoms with E-state index in [0.29, 0.717) is 12.2 Å². The number of rotatable bonds is 2. The Morgan fingerprint density at radius 2 is 2.08 bits per heavy atom. The van der Waals surface area contributed by atoms with Crippen molar-refractivity contribution in [1.82, 2.24) is 24.6 Å². The van der Waals surface area contributed by atoms with Crippen molar-refractivity contribution in [2.24, 2.45) is 0 Å². The van der Waals surface area contributed by atoms with Gasteiger partial charge in [0.05, 0.1) is 11.3 Å². The molecule has 7 heteroatoms. The van der Waals surface area contributed by atoms with Crippen molar-refractivity contribution in [3.05, 3.63) is 40.2 Å². The lowest BCUT2D eigenvalue weighted by Crippen LogP contribution is -2.23. The predicted molar refractivity (Wildman–Crippen MR) is 90.3 cm³/mol. The van der Waals surface area contributed by atoms with Crippen LogP contribution >= 0.6 is 0 Å². The number of carbonyl (C=O) groups excluding carboxylic acids is 1. The van der Waals surface area contributed by atoms with Gasteiger partial charge in [0.15, 0.2) is 11.5 Å². The van der Waals surface area contributed by atoms with Crippen molar-refractivity contribution in [3.63, 3.8) is 0 Å². The standard InChI is InChI=1S/C17H20N6O/c1-5-12-19-10(4)15(20-12)11-7-13(24)21-16-14(11)17-18-8(2)6-9(3)23(17)22-16/h6,11H,5,7H2,1-4H3,(H,19,20)(H,21,22,24)/t11-/m1/s1. The van der Waals surface area contributed by atoms with Crippen LogP contribution in [0, 0.1) is 20.8 Å². The van der Waals surface area contributed by atoms with Gasteiger partial charge in [-0.25, -0.2) is 14.5 Å². The second-order valence-electron chi connectivity index (χ2n) is 6.39. The Balaban J connectivity index is 1.98. The molecule has 3 aromatic heterocycles. The van der Waals surface area contributed by atoms with Gasteiger partial charge in [-0.3, -0.25) is 4.79 Å². The van der Waals surface area contributed by atoms with Gasteiger partial charge < -0.3 is 10.3 Å². The molecule has 0 unspecified atom stereocenters. The zero-order valence-corrected chi connectivity index (χ0v) is 14.3. The maximum Gasteiger partial charge on any atom is 0.226 e. The summed E-state index contributed by atoms with van der Waals surface area (Å²) >= 11 is 0. The number of amides is 1. The number of fused-ring (bicyclic) bond motifs is 3. The largest absolute Gasteiger partial charge is 0.346 e. The Morgan fingerprint density at radius 1 is 1.29 bits per heavy atom. The third-order valence-electron chi connectivity index (χ3n) is 4.56. The lowest BCUT2D eigenvalue weighted by molar-refractivity contribution is -0.116. The molecular formula is C17H20N6O. The number of nitrogens with zero attached hydrogens (tertiary/aromatic N) is 4. The van der Waals surface area contributed by atoms with Gasteiger partial charge in [-0.1, -0.05) is 6.92 Å². The number of aromatic amines is 1. The van der Waals surface area contributed by atoms with Gasteiger partial charge in [0.1, 0.15) is 5.82 Å². The summed E-state index contributed by atoms with van der Waals surface area (Å²) in [5, 5.41) is 7.45. The molecule has 24 heavy (non-hydrogen) atoms. The SMILES string of the molecule is CCc1nc([C@@H]2CC(=O)Nc3nn4c(C)cc(C)nc4c32)c(C)[nH]1. The van der Waals surface area contributed by atoms with E-state index < -0.39 is 0 Å². The van der Waals surface area contributed by atoms with Crippen LogP contribution in [0.25, 0.3) is 5.65 Å². The number of aromatic nitrogens is 5. The second kappa shape index (κ2) is 5.15. The fraction of sp³-hybridized carbons (Fsp3) is 0.412. The molecule has 0 fully saturated rings. The van der Waals surface area contributed by atoms with Crippen molar-refractivity contribution in [2.75, 3.05) is 5.32 Å². The molecule has 1 atom stereocenters. The van der Waals surface area contributed by atoms with E-state index in [1.54, 1.807) is 4.52 Å². The van der Waals surface area contributed by atoms with Crippen LogP contribution in [0.5, 0.6) is 0 Å². The molecule has 1 aliphatic heterocycles. The Bertz CT molecular complexity index is 967. The van der Waals surface area contributed by atoms with Crippen molar-refractivity contribution in [2.45, 2.75) is 46.5 Å². The summed E-state index contributed by atoms with van der Waals surface area (Å²) in [4.78, 5) is 24.9. The van der Waals surface area contributed by atoms with E-state index in [9.17, 15) is 4.79 Å². The van der Waals surface area contributed by atoms with E-state index in [-0.39, 0.29) is 11.8 Å². The first kappa shape index (κ1) is 14.9. The fourth-order valence-electron chi connectivity index (χ4n) is 3.50. The molecule has 0 spiro atoms. The molecule has 7 nitrogen and oxygen atoms in total. The van der Waals surface area contributed by atoms with Crippen LogP contribution in [0.1, 0.15) is 53.4 Å². The maximum absolute atomic E-state index is 12.2. The molecule has 0 saturated carbocycles. The third kappa shape index (κ3) is 2.11. The third-order valence-corrected chi connectivity index (χ3v) is 4.56.